The zero-order valence-electron chi connectivity index (χ0n) is 11.4. The minimum Gasteiger partial charge on any atom is -0.362 e. The molecule has 2 aromatic carbocycles. The molecular weight excluding hydrogens is 284 g/mol. The standard InChI is InChI=1S/C17H15ClN2O/c18-13-5-6-14-15(9-13)19-17(20-16(14)21)8-7-11-3-1-2-4-12(11)10-17/h1-6,9,19H,7-8,10H2,(H,20,21)/t17-/m1/s1. The number of carbonyl (C=O) groups is 1. The first-order valence-corrected chi connectivity index (χ1v) is 7.50. The maximum atomic E-state index is 12.4. The Morgan fingerprint density at radius 3 is 2.71 bits per heavy atom. The third-order valence-electron chi connectivity index (χ3n) is 4.38. The van der Waals surface area contributed by atoms with Gasteiger partial charge in [-0.15, -0.1) is 0 Å². The van der Waals surface area contributed by atoms with Crippen LogP contribution >= 0.6 is 11.6 Å². The number of hydrogen-bond acceptors (Lipinski definition) is 2. The zero-order valence-corrected chi connectivity index (χ0v) is 12.2. The third-order valence-corrected chi connectivity index (χ3v) is 4.62. The molecule has 2 N–H and O–H groups in total. The number of rotatable bonds is 0. The van der Waals surface area contributed by atoms with Gasteiger partial charge in [0.2, 0.25) is 0 Å². The van der Waals surface area contributed by atoms with Crippen LogP contribution in [0.3, 0.4) is 0 Å². The predicted octanol–water partition coefficient (Wildman–Crippen LogP) is 3.38. The molecule has 0 bridgehead atoms. The molecule has 2 aromatic rings. The second-order valence-electron chi connectivity index (χ2n) is 5.80. The van der Waals surface area contributed by atoms with Crippen LogP contribution in [-0.4, -0.2) is 11.6 Å². The molecule has 1 spiro atoms. The molecule has 1 atom stereocenters. The van der Waals surface area contributed by atoms with Crippen LogP contribution in [0.1, 0.15) is 27.9 Å². The number of carbonyl (C=O) groups excluding carboxylic acids is 1. The molecule has 4 rings (SSSR count). The van der Waals surface area contributed by atoms with Crippen LogP contribution < -0.4 is 10.6 Å². The van der Waals surface area contributed by atoms with Crippen molar-refractivity contribution in [2.75, 3.05) is 5.32 Å². The number of amides is 1. The first-order valence-electron chi connectivity index (χ1n) is 7.12. The number of nitrogens with one attached hydrogen (secondary N) is 2. The van der Waals surface area contributed by atoms with Gasteiger partial charge in [-0.05, 0) is 42.2 Å². The van der Waals surface area contributed by atoms with Crippen molar-refractivity contribution >= 4 is 23.2 Å². The van der Waals surface area contributed by atoms with Gasteiger partial charge in [0.15, 0.2) is 0 Å². The highest BCUT2D eigenvalue weighted by molar-refractivity contribution is 6.31. The van der Waals surface area contributed by atoms with Crippen LogP contribution in [0.5, 0.6) is 0 Å². The Balaban J connectivity index is 1.74. The highest BCUT2D eigenvalue weighted by Crippen LogP contribution is 2.35. The topological polar surface area (TPSA) is 41.1 Å². The average molecular weight is 299 g/mol. The van der Waals surface area contributed by atoms with Gasteiger partial charge in [0, 0.05) is 11.4 Å². The maximum Gasteiger partial charge on any atom is 0.255 e. The fraction of sp³-hybridized carbons (Fsp3) is 0.235. The van der Waals surface area contributed by atoms with Gasteiger partial charge < -0.3 is 10.6 Å². The van der Waals surface area contributed by atoms with Gasteiger partial charge >= 0.3 is 0 Å². The van der Waals surface area contributed by atoms with E-state index >= 15 is 0 Å². The van der Waals surface area contributed by atoms with Crippen LogP contribution in [-0.2, 0) is 12.8 Å². The van der Waals surface area contributed by atoms with Gasteiger partial charge in [0.25, 0.3) is 5.91 Å². The van der Waals surface area contributed by atoms with Crippen LogP contribution in [0, 0.1) is 0 Å². The lowest BCUT2D eigenvalue weighted by molar-refractivity contribution is 0.0892. The van der Waals surface area contributed by atoms with E-state index < -0.39 is 5.66 Å². The number of hydrogen-bond donors (Lipinski definition) is 2. The van der Waals surface area contributed by atoms with Crippen molar-refractivity contribution in [2.24, 2.45) is 0 Å². The molecule has 4 heteroatoms. The van der Waals surface area contributed by atoms with Gasteiger partial charge in [-0.2, -0.15) is 0 Å². The lowest BCUT2D eigenvalue weighted by Gasteiger charge is -2.43. The van der Waals surface area contributed by atoms with E-state index in [-0.39, 0.29) is 5.91 Å². The van der Waals surface area contributed by atoms with Gasteiger partial charge in [-0.3, -0.25) is 4.79 Å². The quantitative estimate of drug-likeness (QED) is 0.783. The summed E-state index contributed by atoms with van der Waals surface area (Å²) >= 11 is 6.06. The van der Waals surface area contributed by atoms with Gasteiger partial charge in [-0.1, -0.05) is 35.9 Å². The van der Waals surface area contributed by atoms with Gasteiger partial charge in [0.1, 0.15) is 5.66 Å². The summed E-state index contributed by atoms with van der Waals surface area (Å²) in [6.45, 7) is 0. The van der Waals surface area contributed by atoms with Crippen LogP contribution in [0.15, 0.2) is 42.5 Å². The summed E-state index contributed by atoms with van der Waals surface area (Å²) in [7, 11) is 0. The smallest absolute Gasteiger partial charge is 0.255 e. The molecular formula is C17H15ClN2O. The van der Waals surface area contributed by atoms with Crippen LogP contribution in [0.25, 0.3) is 0 Å². The Hall–Kier alpha value is -2.00. The highest BCUT2D eigenvalue weighted by Gasteiger charge is 2.39. The van der Waals surface area contributed by atoms with Crippen molar-refractivity contribution < 1.29 is 4.79 Å². The molecule has 1 heterocycles. The average Bonchev–Trinajstić information content (AvgIpc) is 2.46. The van der Waals surface area contributed by atoms with Crippen molar-refractivity contribution in [3.63, 3.8) is 0 Å². The second-order valence-corrected chi connectivity index (χ2v) is 6.23. The minimum atomic E-state index is -0.400. The molecule has 2 aliphatic rings. The molecule has 0 aromatic heterocycles. The molecule has 0 radical (unpaired) electrons. The van der Waals surface area contributed by atoms with E-state index in [0.29, 0.717) is 10.6 Å². The number of benzene rings is 2. The minimum absolute atomic E-state index is 0.0280. The molecule has 1 aliphatic carbocycles. The first kappa shape index (κ1) is 12.7. The van der Waals surface area contributed by atoms with Crippen molar-refractivity contribution in [1.82, 2.24) is 5.32 Å². The molecule has 0 saturated heterocycles. The van der Waals surface area contributed by atoms with Gasteiger partial charge in [-0.25, -0.2) is 0 Å². The molecule has 0 saturated carbocycles. The summed E-state index contributed by atoms with van der Waals surface area (Å²) in [5.74, 6) is -0.0280. The zero-order chi connectivity index (χ0) is 14.4. The molecule has 21 heavy (non-hydrogen) atoms. The molecule has 0 unspecified atom stereocenters. The number of aryl methyl sites for hydroxylation is 1. The van der Waals surface area contributed by atoms with Crippen molar-refractivity contribution in [1.29, 1.82) is 0 Å². The van der Waals surface area contributed by atoms with E-state index in [1.165, 1.54) is 11.1 Å². The summed E-state index contributed by atoms with van der Waals surface area (Å²) in [4.78, 5) is 12.4. The Bertz CT molecular complexity index is 743. The van der Waals surface area contributed by atoms with E-state index in [1.807, 2.05) is 12.1 Å². The Labute approximate surface area is 128 Å². The van der Waals surface area contributed by atoms with Crippen molar-refractivity contribution in [3.8, 4) is 0 Å². The Morgan fingerprint density at radius 1 is 1.05 bits per heavy atom. The fourth-order valence-corrected chi connectivity index (χ4v) is 3.51. The summed E-state index contributed by atoms with van der Waals surface area (Å²) in [6.07, 6.45) is 2.63. The highest BCUT2D eigenvalue weighted by atomic mass is 35.5. The molecule has 0 fully saturated rings. The van der Waals surface area contributed by atoms with E-state index in [9.17, 15) is 4.79 Å². The number of fused-ring (bicyclic) bond motifs is 2. The van der Waals surface area contributed by atoms with Crippen molar-refractivity contribution in [3.05, 3.63) is 64.2 Å². The molecule has 3 nitrogen and oxygen atoms in total. The van der Waals surface area contributed by atoms with Gasteiger partial charge in [0.05, 0.1) is 11.3 Å². The Kier molecular flexibility index (Phi) is 2.73. The van der Waals surface area contributed by atoms with Crippen LogP contribution in [0.4, 0.5) is 5.69 Å². The lowest BCUT2D eigenvalue weighted by Crippen LogP contribution is -2.60. The van der Waals surface area contributed by atoms with E-state index in [4.69, 9.17) is 11.6 Å². The summed E-state index contributed by atoms with van der Waals surface area (Å²) in [5.41, 5.74) is 3.75. The second kappa shape index (κ2) is 4.50. The van der Waals surface area contributed by atoms with E-state index in [0.717, 1.165) is 24.9 Å². The predicted molar refractivity (Wildman–Crippen MR) is 83.7 cm³/mol. The summed E-state index contributed by atoms with van der Waals surface area (Å²) < 4.78 is 0. The monoisotopic (exact) mass is 298 g/mol. The number of halogens is 1. The summed E-state index contributed by atoms with van der Waals surface area (Å²) in [5, 5.41) is 7.30. The van der Waals surface area contributed by atoms with E-state index in [2.05, 4.69) is 28.8 Å². The molecule has 1 aliphatic heterocycles. The first-order chi connectivity index (χ1) is 10.2. The molecule has 1 amide bonds. The van der Waals surface area contributed by atoms with Crippen molar-refractivity contribution in [2.45, 2.75) is 24.9 Å². The lowest BCUT2D eigenvalue weighted by atomic mass is 9.82. The maximum absolute atomic E-state index is 12.4. The van der Waals surface area contributed by atoms with E-state index in [1.54, 1.807) is 12.1 Å². The number of anilines is 1. The largest absolute Gasteiger partial charge is 0.362 e. The Morgan fingerprint density at radius 2 is 1.86 bits per heavy atom. The SMILES string of the molecule is O=C1N[C@@]2(CCc3ccccc3C2)Nc2cc(Cl)ccc21. The third kappa shape index (κ3) is 2.09. The van der Waals surface area contributed by atoms with Crippen LogP contribution in [0.2, 0.25) is 5.02 Å². The molecule has 106 valence electrons. The normalized spacial score (nSPS) is 23.0. The summed E-state index contributed by atoms with van der Waals surface area (Å²) in [6, 6.07) is 13.8. The fourth-order valence-electron chi connectivity index (χ4n) is 3.34.